The number of rotatable bonds is 4. The van der Waals surface area contributed by atoms with E-state index < -0.39 is 0 Å². The third-order valence-electron chi connectivity index (χ3n) is 3.63. The Kier molecular flexibility index (Phi) is 3.62. The summed E-state index contributed by atoms with van der Waals surface area (Å²) in [5.74, 6) is 0. The SMILES string of the molecule is COC1(C(N)Cc2csc(C)n2)CCCC1. The number of nitrogens with zero attached hydrogens (tertiary/aromatic N) is 1. The van der Waals surface area contributed by atoms with Crippen LogP contribution in [0.15, 0.2) is 5.38 Å². The molecule has 1 unspecified atom stereocenters. The molecule has 1 heterocycles. The van der Waals surface area contributed by atoms with Crippen molar-refractivity contribution in [1.82, 2.24) is 4.98 Å². The van der Waals surface area contributed by atoms with Crippen molar-refractivity contribution in [2.45, 2.75) is 50.7 Å². The predicted octanol–water partition coefficient (Wildman–Crippen LogP) is 2.28. The lowest BCUT2D eigenvalue weighted by Crippen LogP contribution is -2.48. The van der Waals surface area contributed by atoms with Gasteiger partial charge in [-0.3, -0.25) is 0 Å². The molecular weight excluding hydrogens is 220 g/mol. The summed E-state index contributed by atoms with van der Waals surface area (Å²) >= 11 is 1.69. The Hall–Kier alpha value is -0.450. The average molecular weight is 240 g/mol. The number of nitrogens with two attached hydrogens (primary N) is 1. The van der Waals surface area contributed by atoms with Gasteiger partial charge in [0.1, 0.15) is 0 Å². The van der Waals surface area contributed by atoms with Crippen LogP contribution in [0.4, 0.5) is 0 Å². The minimum atomic E-state index is -0.0997. The van der Waals surface area contributed by atoms with E-state index in [-0.39, 0.29) is 11.6 Å². The van der Waals surface area contributed by atoms with Gasteiger partial charge >= 0.3 is 0 Å². The first-order valence-corrected chi connectivity index (χ1v) is 6.76. The van der Waals surface area contributed by atoms with Crippen molar-refractivity contribution in [2.75, 3.05) is 7.11 Å². The Labute approximate surface area is 101 Å². The molecule has 0 bridgehead atoms. The lowest BCUT2D eigenvalue weighted by molar-refractivity contribution is -0.0255. The van der Waals surface area contributed by atoms with Gasteiger partial charge in [0.2, 0.25) is 0 Å². The van der Waals surface area contributed by atoms with Gasteiger partial charge in [-0.2, -0.15) is 0 Å². The summed E-state index contributed by atoms with van der Waals surface area (Å²) < 4.78 is 5.69. The zero-order valence-corrected chi connectivity index (χ0v) is 10.8. The second-order valence-electron chi connectivity index (χ2n) is 4.64. The fourth-order valence-electron chi connectivity index (χ4n) is 2.61. The molecule has 1 fully saturated rings. The molecule has 2 rings (SSSR count). The first-order valence-electron chi connectivity index (χ1n) is 5.88. The predicted molar refractivity (Wildman–Crippen MR) is 66.7 cm³/mol. The summed E-state index contributed by atoms with van der Waals surface area (Å²) in [4.78, 5) is 4.47. The first kappa shape index (κ1) is 12.0. The van der Waals surface area contributed by atoms with E-state index >= 15 is 0 Å². The topological polar surface area (TPSA) is 48.1 Å². The molecule has 0 aliphatic heterocycles. The molecule has 0 saturated heterocycles. The monoisotopic (exact) mass is 240 g/mol. The van der Waals surface area contributed by atoms with Crippen molar-refractivity contribution in [1.29, 1.82) is 0 Å². The van der Waals surface area contributed by atoms with Crippen LogP contribution in [0.5, 0.6) is 0 Å². The number of methoxy groups -OCH3 is 1. The molecule has 0 radical (unpaired) electrons. The number of thiazole rings is 1. The second-order valence-corrected chi connectivity index (χ2v) is 5.71. The molecule has 1 aliphatic carbocycles. The van der Waals surface area contributed by atoms with Gasteiger partial charge < -0.3 is 10.5 Å². The average Bonchev–Trinajstić information content (AvgIpc) is 2.88. The number of aryl methyl sites for hydroxylation is 1. The van der Waals surface area contributed by atoms with Gasteiger partial charge in [0.25, 0.3) is 0 Å². The highest BCUT2D eigenvalue weighted by Gasteiger charge is 2.39. The third kappa shape index (κ3) is 2.29. The van der Waals surface area contributed by atoms with Gasteiger partial charge in [-0.1, -0.05) is 12.8 Å². The number of ether oxygens (including phenoxy) is 1. The van der Waals surface area contributed by atoms with Crippen LogP contribution in [-0.4, -0.2) is 23.7 Å². The number of hydrogen-bond acceptors (Lipinski definition) is 4. The van der Waals surface area contributed by atoms with E-state index in [1.165, 1.54) is 12.8 Å². The summed E-state index contributed by atoms with van der Waals surface area (Å²) in [6.45, 7) is 2.03. The van der Waals surface area contributed by atoms with Gasteiger partial charge in [0.05, 0.1) is 16.3 Å². The summed E-state index contributed by atoms with van der Waals surface area (Å²) in [5.41, 5.74) is 7.32. The normalized spacial score (nSPS) is 21.2. The van der Waals surface area contributed by atoms with Crippen LogP contribution in [-0.2, 0) is 11.2 Å². The Morgan fingerprint density at radius 3 is 2.75 bits per heavy atom. The molecule has 2 N–H and O–H groups in total. The Balaban J connectivity index is 2.03. The smallest absolute Gasteiger partial charge is 0.0897 e. The molecular formula is C12H20N2OS. The van der Waals surface area contributed by atoms with Gasteiger partial charge in [0, 0.05) is 25.0 Å². The highest BCUT2D eigenvalue weighted by molar-refractivity contribution is 7.09. The summed E-state index contributed by atoms with van der Waals surface area (Å²) in [5, 5.41) is 3.22. The minimum absolute atomic E-state index is 0.0708. The highest BCUT2D eigenvalue weighted by atomic mass is 32.1. The largest absolute Gasteiger partial charge is 0.377 e. The number of aromatic nitrogens is 1. The first-order chi connectivity index (χ1) is 7.66. The third-order valence-corrected chi connectivity index (χ3v) is 4.45. The fourth-order valence-corrected chi connectivity index (χ4v) is 3.24. The minimum Gasteiger partial charge on any atom is -0.377 e. The fraction of sp³-hybridized carbons (Fsp3) is 0.750. The highest BCUT2D eigenvalue weighted by Crippen LogP contribution is 2.35. The van der Waals surface area contributed by atoms with E-state index in [0.717, 1.165) is 30.0 Å². The van der Waals surface area contributed by atoms with Crippen molar-refractivity contribution < 1.29 is 4.74 Å². The Morgan fingerprint density at radius 2 is 2.25 bits per heavy atom. The van der Waals surface area contributed by atoms with Gasteiger partial charge in [-0.25, -0.2) is 4.98 Å². The van der Waals surface area contributed by atoms with E-state index in [1.54, 1.807) is 18.4 Å². The molecule has 16 heavy (non-hydrogen) atoms. The van der Waals surface area contributed by atoms with Crippen LogP contribution in [0.1, 0.15) is 36.4 Å². The molecule has 1 aliphatic rings. The van der Waals surface area contributed by atoms with E-state index in [9.17, 15) is 0 Å². The van der Waals surface area contributed by atoms with Crippen LogP contribution in [0.2, 0.25) is 0 Å². The van der Waals surface area contributed by atoms with Crippen molar-refractivity contribution in [2.24, 2.45) is 5.73 Å². The summed E-state index contributed by atoms with van der Waals surface area (Å²) in [6, 6.07) is 0.0708. The van der Waals surface area contributed by atoms with Crippen molar-refractivity contribution in [3.63, 3.8) is 0 Å². The maximum atomic E-state index is 6.31. The molecule has 1 aromatic heterocycles. The molecule has 0 amide bonds. The quantitative estimate of drug-likeness (QED) is 0.878. The molecule has 3 nitrogen and oxygen atoms in total. The van der Waals surface area contributed by atoms with Gasteiger partial charge in [-0.05, 0) is 19.8 Å². The van der Waals surface area contributed by atoms with Crippen molar-refractivity contribution in [3.8, 4) is 0 Å². The van der Waals surface area contributed by atoms with E-state index in [2.05, 4.69) is 10.4 Å². The second kappa shape index (κ2) is 4.82. The van der Waals surface area contributed by atoms with E-state index in [1.807, 2.05) is 6.92 Å². The van der Waals surface area contributed by atoms with Gasteiger partial charge in [-0.15, -0.1) is 11.3 Å². The van der Waals surface area contributed by atoms with Gasteiger partial charge in [0.15, 0.2) is 0 Å². The molecule has 1 atom stereocenters. The van der Waals surface area contributed by atoms with Crippen LogP contribution in [0.25, 0.3) is 0 Å². The summed E-state index contributed by atoms with van der Waals surface area (Å²) in [7, 11) is 1.79. The van der Waals surface area contributed by atoms with Crippen molar-refractivity contribution in [3.05, 3.63) is 16.1 Å². The molecule has 0 aromatic carbocycles. The molecule has 1 aromatic rings. The molecule has 0 spiro atoms. The Morgan fingerprint density at radius 1 is 1.56 bits per heavy atom. The zero-order chi connectivity index (χ0) is 11.6. The molecule has 1 saturated carbocycles. The Bertz CT molecular complexity index is 345. The zero-order valence-electron chi connectivity index (χ0n) is 10.0. The maximum absolute atomic E-state index is 6.31. The molecule has 4 heteroatoms. The van der Waals surface area contributed by atoms with Crippen LogP contribution >= 0.6 is 11.3 Å². The van der Waals surface area contributed by atoms with Crippen LogP contribution < -0.4 is 5.73 Å². The summed E-state index contributed by atoms with van der Waals surface area (Å²) in [6.07, 6.45) is 5.48. The standard InChI is InChI=1S/C12H20N2OS/c1-9-14-10(8-16-9)7-11(13)12(15-2)5-3-4-6-12/h8,11H,3-7,13H2,1-2H3. The van der Waals surface area contributed by atoms with Crippen molar-refractivity contribution >= 4 is 11.3 Å². The van der Waals surface area contributed by atoms with Crippen LogP contribution in [0, 0.1) is 6.92 Å². The molecule has 90 valence electrons. The number of hydrogen-bond donors (Lipinski definition) is 1. The lowest BCUT2D eigenvalue weighted by atomic mass is 9.89. The van der Waals surface area contributed by atoms with Crippen LogP contribution in [0.3, 0.4) is 0 Å². The van der Waals surface area contributed by atoms with E-state index in [4.69, 9.17) is 10.5 Å². The lowest BCUT2D eigenvalue weighted by Gasteiger charge is -2.33. The van der Waals surface area contributed by atoms with E-state index in [0.29, 0.717) is 0 Å². The maximum Gasteiger partial charge on any atom is 0.0897 e.